The smallest absolute Gasteiger partial charge is 0.336 e. The molecule has 0 saturated heterocycles. The van der Waals surface area contributed by atoms with Crippen LogP contribution in [0.4, 0.5) is 5.69 Å². The highest BCUT2D eigenvalue weighted by molar-refractivity contribution is 9.10. The molecule has 0 heterocycles. The van der Waals surface area contributed by atoms with E-state index in [2.05, 4.69) is 15.9 Å². The third kappa shape index (κ3) is 4.37. The fourth-order valence-electron chi connectivity index (χ4n) is 2.15. The summed E-state index contributed by atoms with van der Waals surface area (Å²) in [7, 11) is -4.08. The number of anilines is 1. The van der Waals surface area contributed by atoms with Crippen molar-refractivity contribution in [3.05, 3.63) is 58.6 Å². The molecular formula is C16H15BrN2O5S. The maximum Gasteiger partial charge on any atom is 0.336 e. The fourth-order valence-corrected chi connectivity index (χ4v) is 4.06. The minimum absolute atomic E-state index is 0.153. The van der Waals surface area contributed by atoms with Crippen LogP contribution in [-0.4, -0.2) is 31.9 Å². The summed E-state index contributed by atoms with van der Waals surface area (Å²) in [6, 6.07) is 11.9. The Hall–Kier alpha value is -2.39. The standard InChI is InChI=1S/C16H15BrN2O5S/c17-14-7-6-12(10-13(14)16(21)22)25(23,24)19(9-8-15(18)20)11-4-2-1-3-5-11/h1-7,10H,8-9H2,(H2,18,20)(H,21,22). The number of halogens is 1. The zero-order chi connectivity index (χ0) is 18.6. The predicted octanol–water partition coefficient (Wildman–Crippen LogP) is 2.22. The van der Waals surface area contributed by atoms with Crippen LogP contribution in [0.2, 0.25) is 0 Å². The quantitative estimate of drug-likeness (QED) is 0.703. The lowest BCUT2D eigenvalue weighted by Crippen LogP contribution is -2.34. The van der Waals surface area contributed by atoms with Gasteiger partial charge in [0.25, 0.3) is 10.0 Å². The van der Waals surface area contributed by atoms with Crippen LogP contribution in [0, 0.1) is 0 Å². The summed E-state index contributed by atoms with van der Waals surface area (Å²) in [5.41, 5.74) is 5.31. The zero-order valence-electron chi connectivity index (χ0n) is 12.9. The Labute approximate surface area is 153 Å². The molecule has 0 aliphatic carbocycles. The van der Waals surface area contributed by atoms with E-state index in [0.29, 0.717) is 5.69 Å². The minimum atomic E-state index is -4.08. The van der Waals surface area contributed by atoms with Crippen molar-refractivity contribution in [3.8, 4) is 0 Å². The van der Waals surface area contributed by atoms with Crippen molar-refractivity contribution in [2.45, 2.75) is 11.3 Å². The van der Waals surface area contributed by atoms with Gasteiger partial charge in [-0.15, -0.1) is 0 Å². The molecule has 7 nitrogen and oxygen atoms in total. The van der Waals surface area contributed by atoms with Crippen LogP contribution in [0.3, 0.4) is 0 Å². The average molecular weight is 427 g/mol. The monoisotopic (exact) mass is 426 g/mol. The molecule has 2 rings (SSSR count). The number of hydrogen-bond donors (Lipinski definition) is 2. The summed E-state index contributed by atoms with van der Waals surface area (Å²) >= 11 is 3.08. The van der Waals surface area contributed by atoms with Gasteiger partial charge in [0.05, 0.1) is 16.1 Å². The average Bonchev–Trinajstić information content (AvgIpc) is 2.55. The van der Waals surface area contributed by atoms with Gasteiger partial charge in [0, 0.05) is 17.4 Å². The molecule has 0 bridgehead atoms. The Kier molecular flexibility index (Phi) is 5.81. The number of carbonyl (C=O) groups excluding carboxylic acids is 1. The molecule has 132 valence electrons. The number of aromatic carboxylic acids is 1. The van der Waals surface area contributed by atoms with E-state index >= 15 is 0 Å². The lowest BCUT2D eigenvalue weighted by atomic mass is 10.2. The van der Waals surface area contributed by atoms with Crippen molar-refractivity contribution in [1.82, 2.24) is 0 Å². The highest BCUT2D eigenvalue weighted by atomic mass is 79.9. The molecule has 3 N–H and O–H groups in total. The molecule has 0 aromatic heterocycles. The maximum atomic E-state index is 13.0. The summed E-state index contributed by atoms with van der Waals surface area (Å²) in [4.78, 5) is 22.2. The lowest BCUT2D eigenvalue weighted by Gasteiger charge is -2.24. The van der Waals surface area contributed by atoms with Crippen LogP contribution in [0.15, 0.2) is 57.9 Å². The molecule has 0 radical (unpaired) electrons. The molecule has 25 heavy (non-hydrogen) atoms. The Morgan fingerprint density at radius 2 is 1.76 bits per heavy atom. The first-order valence-electron chi connectivity index (χ1n) is 7.12. The fraction of sp³-hybridized carbons (Fsp3) is 0.125. The first-order chi connectivity index (χ1) is 11.7. The van der Waals surface area contributed by atoms with E-state index in [4.69, 9.17) is 5.73 Å². The second-order valence-electron chi connectivity index (χ2n) is 5.08. The number of hydrogen-bond acceptors (Lipinski definition) is 4. The van der Waals surface area contributed by atoms with Crippen LogP contribution >= 0.6 is 15.9 Å². The van der Waals surface area contributed by atoms with E-state index in [0.717, 1.165) is 10.4 Å². The number of nitrogens with zero attached hydrogens (tertiary/aromatic N) is 1. The Morgan fingerprint density at radius 3 is 2.32 bits per heavy atom. The molecule has 0 unspecified atom stereocenters. The second-order valence-corrected chi connectivity index (χ2v) is 7.79. The molecule has 1 amide bonds. The summed E-state index contributed by atoms with van der Waals surface area (Å²) in [5, 5.41) is 9.19. The molecule has 9 heteroatoms. The number of sulfonamides is 1. The highest BCUT2D eigenvalue weighted by Crippen LogP contribution is 2.27. The Morgan fingerprint density at radius 1 is 1.12 bits per heavy atom. The third-order valence-corrected chi connectivity index (χ3v) is 5.88. The van der Waals surface area contributed by atoms with Crippen molar-refractivity contribution in [3.63, 3.8) is 0 Å². The molecule has 2 aromatic rings. The predicted molar refractivity (Wildman–Crippen MR) is 95.9 cm³/mol. The molecular weight excluding hydrogens is 412 g/mol. The summed E-state index contributed by atoms with van der Waals surface area (Å²) in [5.74, 6) is -1.90. The summed E-state index contributed by atoms with van der Waals surface area (Å²) in [6.45, 7) is -0.153. The molecule has 0 aliphatic rings. The van der Waals surface area contributed by atoms with Crippen molar-refractivity contribution < 1.29 is 23.1 Å². The minimum Gasteiger partial charge on any atom is -0.478 e. The maximum absolute atomic E-state index is 13.0. The number of nitrogens with two attached hydrogens (primary N) is 1. The number of carboxylic acid groups (broad SMARTS) is 1. The summed E-state index contributed by atoms with van der Waals surface area (Å²) in [6.07, 6.45) is -0.170. The zero-order valence-corrected chi connectivity index (χ0v) is 15.3. The van der Waals surface area contributed by atoms with Crippen LogP contribution in [0.25, 0.3) is 0 Å². The van der Waals surface area contributed by atoms with E-state index < -0.39 is 21.9 Å². The molecule has 0 spiro atoms. The third-order valence-electron chi connectivity index (χ3n) is 3.36. The Bertz CT molecular complexity index is 900. The molecule has 0 atom stereocenters. The number of primary amides is 1. The van der Waals surface area contributed by atoms with Crippen LogP contribution < -0.4 is 10.0 Å². The van der Waals surface area contributed by atoms with Crippen molar-refractivity contribution in [2.24, 2.45) is 5.73 Å². The van der Waals surface area contributed by atoms with E-state index in [1.165, 1.54) is 12.1 Å². The van der Waals surface area contributed by atoms with Crippen LogP contribution in [0.5, 0.6) is 0 Å². The number of carbonyl (C=O) groups is 2. The number of para-hydroxylation sites is 1. The second kappa shape index (κ2) is 7.66. The van der Waals surface area contributed by atoms with Crippen molar-refractivity contribution in [2.75, 3.05) is 10.8 Å². The molecule has 0 saturated carbocycles. The van der Waals surface area contributed by atoms with Gasteiger partial charge in [-0.1, -0.05) is 18.2 Å². The van der Waals surface area contributed by atoms with Gasteiger partial charge in [0.1, 0.15) is 0 Å². The van der Waals surface area contributed by atoms with Gasteiger partial charge in [0.15, 0.2) is 0 Å². The van der Waals surface area contributed by atoms with Crippen LogP contribution in [-0.2, 0) is 14.8 Å². The van der Waals surface area contributed by atoms with E-state index in [1.807, 2.05) is 0 Å². The SMILES string of the molecule is NC(=O)CCN(c1ccccc1)S(=O)(=O)c1ccc(Br)c(C(=O)O)c1. The van der Waals surface area contributed by atoms with Crippen LogP contribution in [0.1, 0.15) is 16.8 Å². The topological polar surface area (TPSA) is 118 Å². The van der Waals surface area contributed by atoms with Gasteiger partial charge in [-0.25, -0.2) is 13.2 Å². The van der Waals surface area contributed by atoms with Gasteiger partial charge < -0.3 is 10.8 Å². The van der Waals surface area contributed by atoms with Gasteiger partial charge >= 0.3 is 5.97 Å². The number of rotatable bonds is 7. The number of carboxylic acids is 1. The van der Waals surface area contributed by atoms with E-state index in [-0.39, 0.29) is 27.9 Å². The molecule has 0 fully saturated rings. The lowest BCUT2D eigenvalue weighted by molar-refractivity contribution is -0.117. The van der Waals surface area contributed by atoms with Gasteiger partial charge in [-0.3, -0.25) is 9.10 Å². The first kappa shape index (κ1) is 18.9. The molecule has 2 aromatic carbocycles. The van der Waals surface area contributed by atoms with Gasteiger partial charge in [0.2, 0.25) is 5.91 Å². The van der Waals surface area contributed by atoms with E-state index in [1.54, 1.807) is 30.3 Å². The number of benzene rings is 2. The van der Waals surface area contributed by atoms with E-state index in [9.17, 15) is 23.1 Å². The van der Waals surface area contributed by atoms with Crippen molar-refractivity contribution >= 4 is 43.5 Å². The number of amides is 1. The van der Waals surface area contributed by atoms with Gasteiger partial charge in [-0.05, 0) is 46.3 Å². The highest BCUT2D eigenvalue weighted by Gasteiger charge is 2.26. The largest absolute Gasteiger partial charge is 0.478 e. The molecule has 0 aliphatic heterocycles. The Balaban J connectivity index is 2.53. The summed E-state index contributed by atoms with van der Waals surface area (Å²) < 4.78 is 27.3. The first-order valence-corrected chi connectivity index (χ1v) is 9.35. The van der Waals surface area contributed by atoms with Crippen molar-refractivity contribution in [1.29, 1.82) is 0 Å². The van der Waals surface area contributed by atoms with Gasteiger partial charge in [-0.2, -0.15) is 0 Å². The normalized spacial score (nSPS) is 11.1.